The maximum atomic E-state index is 11.5. The quantitative estimate of drug-likeness (QED) is 0.595. The molecule has 1 unspecified atom stereocenters. The molecule has 114 valence electrons. The maximum absolute atomic E-state index is 11.5. The van der Waals surface area contributed by atoms with Crippen molar-refractivity contribution >= 4 is 23.9 Å². The van der Waals surface area contributed by atoms with E-state index >= 15 is 0 Å². The molecular weight excluding hydrogens is 304 g/mol. The lowest BCUT2D eigenvalue weighted by atomic mass is 9.98. The molecule has 1 saturated heterocycles. The molecule has 1 aliphatic carbocycles. The molecule has 2 aliphatic heterocycles. The summed E-state index contributed by atoms with van der Waals surface area (Å²) in [6.07, 6.45) is 2.98. The van der Waals surface area contributed by atoms with E-state index < -0.39 is 30.0 Å². The Kier molecular flexibility index (Phi) is 2.71. The second-order valence-electron chi connectivity index (χ2n) is 5.15. The Morgan fingerprint density at radius 2 is 1.57 bits per heavy atom. The van der Waals surface area contributed by atoms with Crippen LogP contribution < -0.4 is 4.74 Å². The van der Waals surface area contributed by atoms with E-state index in [4.69, 9.17) is 4.74 Å². The minimum atomic E-state index is -0.718. The van der Waals surface area contributed by atoms with Gasteiger partial charge in [0, 0.05) is 6.42 Å². The van der Waals surface area contributed by atoms with Gasteiger partial charge in [-0.1, -0.05) is 6.08 Å². The van der Waals surface area contributed by atoms with Crippen molar-refractivity contribution in [2.45, 2.75) is 12.5 Å². The number of carbonyl (C=O) groups excluding carboxylic acids is 4. The average molecular weight is 312 g/mol. The van der Waals surface area contributed by atoms with Gasteiger partial charge in [-0.05, 0) is 24.3 Å². The van der Waals surface area contributed by atoms with E-state index in [0.29, 0.717) is 12.2 Å². The molecule has 0 amide bonds. The number of hydrogen-bond donors (Lipinski definition) is 0. The second kappa shape index (κ2) is 4.64. The van der Waals surface area contributed by atoms with Crippen LogP contribution in [0, 0.1) is 0 Å². The van der Waals surface area contributed by atoms with Crippen LogP contribution in [0.5, 0.6) is 5.75 Å². The molecule has 1 fully saturated rings. The molecule has 4 rings (SSSR count). The number of carbonyl (C=O) groups is 4. The Morgan fingerprint density at radius 3 is 2.39 bits per heavy atom. The van der Waals surface area contributed by atoms with Gasteiger partial charge in [-0.25, -0.2) is 19.2 Å². The average Bonchev–Trinajstić information content (AvgIpc) is 2.96. The monoisotopic (exact) mass is 312 g/mol. The fourth-order valence-corrected chi connectivity index (χ4v) is 2.65. The van der Waals surface area contributed by atoms with Crippen LogP contribution in [0.2, 0.25) is 0 Å². The van der Waals surface area contributed by atoms with Crippen LogP contribution >= 0.6 is 0 Å². The number of ether oxygens (including phenoxy) is 3. The highest BCUT2D eigenvalue weighted by atomic mass is 16.6. The van der Waals surface area contributed by atoms with Crippen molar-refractivity contribution in [2.24, 2.45) is 0 Å². The lowest BCUT2D eigenvalue weighted by Crippen LogP contribution is -2.18. The first-order chi connectivity index (χ1) is 11.0. The molecule has 2 heterocycles. The highest BCUT2D eigenvalue weighted by Crippen LogP contribution is 2.30. The minimum Gasteiger partial charge on any atom is -0.486 e. The fraction of sp³-hybridized carbons (Fsp3) is 0.125. The van der Waals surface area contributed by atoms with Gasteiger partial charge < -0.3 is 14.2 Å². The number of esters is 4. The molecule has 0 aromatic heterocycles. The Hall–Kier alpha value is -3.22. The molecule has 23 heavy (non-hydrogen) atoms. The second-order valence-corrected chi connectivity index (χ2v) is 5.15. The van der Waals surface area contributed by atoms with Crippen LogP contribution in [0.1, 0.15) is 27.1 Å². The predicted molar refractivity (Wildman–Crippen MR) is 72.5 cm³/mol. The van der Waals surface area contributed by atoms with Gasteiger partial charge in [0.25, 0.3) is 0 Å². The summed E-state index contributed by atoms with van der Waals surface area (Å²) in [5.41, 5.74) is 0.763. The normalized spacial score (nSPS) is 22.0. The van der Waals surface area contributed by atoms with Crippen molar-refractivity contribution < 1.29 is 33.4 Å². The summed E-state index contributed by atoms with van der Waals surface area (Å²) in [5, 5.41) is 0. The van der Waals surface area contributed by atoms with Crippen molar-refractivity contribution in [2.75, 3.05) is 0 Å². The van der Waals surface area contributed by atoms with E-state index in [1.165, 1.54) is 24.3 Å². The first-order valence-electron chi connectivity index (χ1n) is 6.79. The van der Waals surface area contributed by atoms with E-state index in [-0.39, 0.29) is 22.3 Å². The Bertz CT molecular complexity index is 859. The zero-order valence-electron chi connectivity index (χ0n) is 11.5. The Balaban J connectivity index is 1.59. The molecule has 0 saturated carbocycles. The topological polar surface area (TPSA) is 96.0 Å². The van der Waals surface area contributed by atoms with Crippen molar-refractivity contribution in [1.29, 1.82) is 0 Å². The SMILES string of the molecule is O=C1OC(=O)C2=CC(Oc3ccc4c(c3)C(=O)OC4=O)CC=C12. The summed E-state index contributed by atoms with van der Waals surface area (Å²) >= 11 is 0. The third kappa shape index (κ3) is 2.05. The first kappa shape index (κ1) is 13.4. The summed E-state index contributed by atoms with van der Waals surface area (Å²) in [5.74, 6) is -2.40. The van der Waals surface area contributed by atoms with Gasteiger partial charge in [0.1, 0.15) is 11.9 Å². The largest absolute Gasteiger partial charge is 0.486 e. The van der Waals surface area contributed by atoms with E-state index in [0.717, 1.165) is 0 Å². The zero-order valence-corrected chi connectivity index (χ0v) is 11.5. The van der Waals surface area contributed by atoms with Crippen molar-refractivity contribution in [3.05, 3.63) is 52.6 Å². The third-order valence-corrected chi connectivity index (χ3v) is 3.73. The summed E-state index contributed by atoms with van der Waals surface area (Å²) in [4.78, 5) is 45.9. The van der Waals surface area contributed by atoms with Gasteiger partial charge in [-0.15, -0.1) is 0 Å². The van der Waals surface area contributed by atoms with Crippen LogP contribution in [0.25, 0.3) is 0 Å². The van der Waals surface area contributed by atoms with Crippen molar-refractivity contribution in [3.8, 4) is 5.75 Å². The van der Waals surface area contributed by atoms with Gasteiger partial charge in [0.2, 0.25) is 0 Å². The number of hydrogen-bond acceptors (Lipinski definition) is 7. The fourth-order valence-electron chi connectivity index (χ4n) is 2.65. The first-order valence-corrected chi connectivity index (χ1v) is 6.79. The van der Waals surface area contributed by atoms with Crippen LogP contribution in [0.4, 0.5) is 0 Å². The molecule has 0 bridgehead atoms. The molecule has 3 aliphatic rings. The molecule has 7 heteroatoms. The smallest absolute Gasteiger partial charge is 0.347 e. The highest BCUT2D eigenvalue weighted by molar-refractivity contribution is 6.18. The Morgan fingerprint density at radius 1 is 0.870 bits per heavy atom. The molecular formula is C16H8O7. The van der Waals surface area contributed by atoms with Gasteiger partial charge in [0.15, 0.2) is 0 Å². The van der Waals surface area contributed by atoms with Gasteiger partial charge >= 0.3 is 23.9 Å². The number of fused-ring (bicyclic) bond motifs is 2. The highest BCUT2D eigenvalue weighted by Gasteiger charge is 2.36. The molecule has 7 nitrogen and oxygen atoms in total. The van der Waals surface area contributed by atoms with Gasteiger partial charge in [0.05, 0.1) is 22.3 Å². The van der Waals surface area contributed by atoms with Crippen LogP contribution in [-0.4, -0.2) is 30.0 Å². The van der Waals surface area contributed by atoms with Crippen LogP contribution in [0.3, 0.4) is 0 Å². The van der Waals surface area contributed by atoms with E-state index in [1.54, 1.807) is 6.08 Å². The lowest BCUT2D eigenvalue weighted by molar-refractivity contribution is -0.149. The summed E-state index contributed by atoms with van der Waals surface area (Å²) < 4.78 is 14.7. The van der Waals surface area contributed by atoms with Gasteiger partial charge in [-0.3, -0.25) is 0 Å². The van der Waals surface area contributed by atoms with E-state index in [9.17, 15) is 19.2 Å². The van der Waals surface area contributed by atoms with E-state index in [1.807, 2.05) is 0 Å². The number of benzene rings is 1. The summed E-state index contributed by atoms with van der Waals surface area (Å²) in [6, 6.07) is 4.40. The minimum absolute atomic E-state index is 0.141. The van der Waals surface area contributed by atoms with Crippen molar-refractivity contribution in [3.63, 3.8) is 0 Å². The third-order valence-electron chi connectivity index (χ3n) is 3.73. The number of cyclic esters (lactones) is 4. The van der Waals surface area contributed by atoms with Crippen molar-refractivity contribution in [1.82, 2.24) is 0 Å². The predicted octanol–water partition coefficient (Wildman–Crippen LogP) is 1.08. The van der Waals surface area contributed by atoms with Crippen LogP contribution in [0.15, 0.2) is 41.5 Å². The molecule has 0 N–H and O–H groups in total. The number of rotatable bonds is 2. The molecule has 0 spiro atoms. The summed E-state index contributed by atoms with van der Waals surface area (Å²) in [7, 11) is 0. The molecule has 0 radical (unpaired) electrons. The van der Waals surface area contributed by atoms with E-state index in [2.05, 4.69) is 9.47 Å². The standard InChI is InChI=1S/C16H8O7/c17-13-9-3-1-7(5-11(9)15(19)22-13)21-8-2-4-10-12(6-8)16(20)23-14(10)18/h1,3-6,8H,2H2. The zero-order chi connectivity index (χ0) is 16.1. The Labute approximate surface area is 129 Å². The van der Waals surface area contributed by atoms with Gasteiger partial charge in [-0.2, -0.15) is 0 Å². The van der Waals surface area contributed by atoms with Crippen LogP contribution in [-0.2, 0) is 19.1 Å². The molecule has 1 aromatic carbocycles. The molecule has 1 aromatic rings. The maximum Gasteiger partial charge on any atom is 0.347 e. The molecule has 1 atom stereocenters. The summed E-state index contributed by atoms with van der Waals surface area (Å²) in [6.45, 7) is 0. The lowest BCUT2D eigenvalue weighted by Gasteiger charge is -2.17.